The fourth-order valence-electron chi connectivity index (χ4n) is 2.83. The van der Waals surface area contributed by atoms with Gasteiger partial charge in [0, 0.05) is 20.7 Å². The second-order valence-corrected chi connectivity index (χ2v) is 6.22. The van der Waals surface area contributed by atoms with Crippen LogP contribution in [-0.2, 0) is 6.54 Å². The van der Waals surface area contributed by atoms with Crippen LogP contribution in [0.4, 0.5) is 4.79 Å². The number of rotatable bonds is 1. The SMILES string of the molecule is O=C(O)n1nc[n+]2c1CN=C(c1ccccc1)c1cc(Br)ccc1-2. The number of hydrogen-bond acceptors (Lipinski definition) is 3. The quantitative estimate of drug-likeness (QED) is 0.656. The molecule has 2 aromatic carbocycles. The fraction of sp³-hybridized carbons (Fsp3) is 0.0588. The molecule has 0 fully saturated rings. The Morgan fingerprint density at radius 3 is 2.75 bits per heavy atom. The van der Waals surface area contributed by atoms with Crippen LogP contribution >= 0.6 is 15.9 Å². The first-order valence-electron chi connectivity index (χ1n) is 7.27. The van der Waals surface area contributed by atoms with Crippen LogP contribution in [0.5, 0.6) is 0 Å². The van der Waals surface area contributed by atoms with Gasteiger partial charge in [-0.2, -0.15) is 4.57 Å². The highest BCUT2D eigenvalue weighted by Crippen LogP contribution is 2.23. The lowest BCUT2D eigenvalue weighted by atomic mass is 10.0. The minimum atomic E-state index is -1.12. The molecular weight excluding hydrogens is 372 g/mol. The van der Waals surface area contributed by atoms with Crippen molar-refractivity contribution in [3.05, 3.63) is 76.3 Å². The molecule has 1 N–H and O–H groups in total. The molecule has 1 aromatic heterocycles. The molecule has 1 aliphatic rings. The molecule has 0 bridgehead atoms. The van der Waals surface area contributed by atoms with Gasteiger partial charge in [0.05, 0.1) is 5.71 Å². The zero-order chi connectivity index (χ0) is 16.7. The van der Waals surface area contributed by atoms with Crippen LogP contribution in [0.1, 0.15) is 17.0 Å². The molecule has 7 heteroatoms. The molecule has 0 saturated heterocycles. The van der Waals surface area contributed by atoms with Gasteiger partial charge >= 0.3 is 6.09 Å². The third-order valence-electron chi connectivity index (χ3n) is 3.89. The topological polar surface area (TPSA) is 71.4 Å². The number of benzene rings is 2. The zero-order valence-electron chi connectivity index (χ0n) is 12.4. The number of carbonyl (C=O) groups is 1. The maximum Gasteiger partial charge on any atom is 0.510 e. The number of fused-ring (bicyclic) bond motifs is 3. The van der Waals surface area contributed by atoms with E-state index in [-0.39, 0.29) is 6.54 Å². The van der Waals surface area contributed by atoms with Gasteiger partial charge in [0.25, 0.3) is 12.2 Å². The van der Waals surface area contributed by atoms with Crippen LogP contribution in [0.2, 0.25) is 0 Å². The van der Waals surface area contributed by atoms with E-state index in [1.54, 1.807) is 4.57 Å². The Morgan fingerprint density at radius 1 is 1.21 bits per heavy atom. The Hall–Kier alpha value is -2.80. The van der Waals surface area contributed by atoms with Gasteiger partial charge in [0.15, 0.2) is 0 Å². The van der Waals surface area contributed by atoms with Gasteiger partial charge in [-0.05, 0) is 22.9 Å². The standard InChI is InChI=1S/C17H11BrN4O2/c18-12-6-7-14-13(8-12)16(11-4-2-1-3-5-11)19-9-15-21(14)10-20-22(15)17(23)24/h1-8,10H,9H2/p+1. The van der Waals surface area contributed by atoms with Crippen LogP contribution in [-0.4, -0.2) is 26.7 Å². The number of nitrogens with zero attached hydrogens (tertiary/aromatic N) is 4. The minimum Gasteiger partial charge on any atom is -0.450 e. The molecule has 0 atom stereocenters. The summed E-state index contributed by atoms with van der Waals surface area (Å²) in [5.41, 5.74) is 3.58. The second-order valence-electron chi connectivity index (χ2n) is 5.30. The molecule has 3 aromatic rings. The molecule has 24 heavy (non-hydrogen) atoms. The van der Waals surface area contributed by atoms with Crippen molar-refractivity contribution in [2.75, 3.05) is 0 Å². The van der Waals surface area contributed by atoms with Crippen LogP contribution < -0.4 is 4.57 Å². The monoisotopic (exact) mass is 383 g/mol. The summed E-state index contributed by atoms with van der Waals surface area (Å²) >= 11 is 3.51. The van der Waals surface area contributed by atoms with E-state index in [4.69, 9.17) is 0 Å². The molecule has 2 heterocycles. The van der Waals surface area contributed by atoms with E-state index in [0.717, 1.165) is 31.7 Å². The summed E-state index contributed by atoms with van der Waals surface area (Å²) in [6.45, 7) is 0.225. The summed E-state index contributed by atoms with van der Waals surface area (Å²) in [6.07, 6.45) is 0.389. The summed E-state index contributed by atoms with van der Waals surface area (Å²) in [7, 11) is 0. The Kier molecular flexibility index (Phi) is 3.50. The molecule has 0 saturated carbocycles. The smallest absolute Gasteiger partial charge is 0.450 e. The summed E-state index contributed by atoms with van der Waals surface area (Å²) in [5, 5.41) is 13.3. The normalized spacial score (nSPS) is 12.8. The van der Waals surface area contributed by atoms with Gasteiger partial charge in [-0.15, -0.1) is 0 Å². The summed E-state index contributed by atoms with van der Waals surface area (Å²) in [6, 6.07) is 15.7. The van der Waals surface area contributed by atoms with Crippen LogP contribution in [0.25, 0.3) is 5.69 Å². The van der Waals surface area contributed by atoms with Crippen molar-refractivity contribution in [2.24, 2.45) is 4.99 Å². The average Bonchev–Trinajstić information content (AvgIpc) is 2.94. The molecule has 118 valence electrons. The summed E-state index contributed by atoms with van der Waals surface area (Å²) in [5.74, 6) is 0.497. The van der Waals surface area contributed by atoms with Crippen molar-refractivity contribution >= 4 is 27.7 Å². The number of aliphatic imine (C=N–C) groups is 1. The van der Waals surface area contributed by atoms with Crippen molar-refractivity contribution in [1.82, 2.24) is 9.78 Å². The molecule has 4 rings (SSSR count). The Balaban J connectivity index is 2.00. The van der Waals surface area contributed by atoms with Gasteiger partial charge in [-0.1, -0.05) is 46.3 Å². The van der Waals surface area contributed by atoms with Gasteiger partial charge in [0.2, 0.25) is 0 Å². The van der Waals surface area contributed by atoms with Crippen LogP contribution in [0, 0.1) is 0 Å². The Labute approximate surface area is 145 Å². The summed E-state index contributed by atoms with van der Waals surface area (Å²) in [4.78, 5) is 16.1. The van der Waals surface area contributed by atoms with E-state index in [1.165, 1.54) is 6.33 Å². The van der Waals surface area contributed by atoms with E-state index in [0.29, 0.717) is 5.82 Å². The van der Waals surface area contributed by atoms with E-state index >= 15 is 0 Å². The highest BCUT2D eigenvalue weighted by Gasteiger charge is 2.30. The molecule has 0 unspecified atom stereocenters. The van der Waals surface area contributed by atoms with Crippen molar-refractivity contribution in [1.29, 1.82) is 0 Å². The van der Waals surface area contributed by atoms with Crippen LogP contribution in [0.15, 0.2) is 64.3 Å². The molecule has 1 aliphatic heterocycles. The number of halogens is 1. The molecule has 0 aliphatic carbocycles. The second kappa shape index (κ2) is 5.68. The lowest BCUT2D eigenvalue weighted by molar-refractivity contribution is -0.604. The third kappa shape index (κ3) is 2.33. The lowest BCUT2D eigenvalue weighted by Gasteiger charge is -2.09. The lowest BCUT2D eigenvalue weighted by Crippen LogP contribution is -2.35. The van der Waals surface area contributed by atoms with Gasteiger partial charge < -0.3 is 5.11 Å². The maximum absolute atomic E-state index is 11.4. The largest absolute Gasteiger partial charge is 0.510 e. The van der Waals surface area contributed by atoms with Crippen molar-refractivity contribution in [3.8, 4) is 5.69 Å². The zero-order valence-corrected chi connectivity index (χ0v) is 14.0. The highest BCUT2D eigenvalue weighted by atomic mass is 79.9. The van der Waals surface area contributed by atoms with Gasteiger partial charge in [-0.3, -0.25) is 4.99 Å². The molecule has 6 nitrogen and oxygen atoms in total. The van der Waals surface area contributed by atoms with E-state index in [9.17, 15) is 9.90 Å². The van der Waals surface area contributed by atoms with E-state index in [1.807, 2.05) is 48.5 Å². The predicted octanol–water partition coefficient (Wildman–Crippen LogP) is 2.80. The first-order chi connectivity index (χ1) is 11.6. The number of aromatic nitrogens is 3. The van der Waals surface area contributed by atoms with Gasteiger partial charge in [-0.25, -0.2) is 4.79 Å². The Bertz CT molecular complexity index is 980. The maximum atomic E-state index is 11.4. The highest BCUT2D eigenvalue weighted by molar-refractivity contribution is 9.10. The number of carboxylic acid groups (broad SMARTS) is 1. The number of hydrogen-bond donors (Lipinski definition) is 1. The van der Waals surface area contributed by atoms with Gasteiger partial charge in [0.1, 0.15) is 12.2 Å². The predicted molar refractivity (Wildman–Crippen MR) is 90.7 cm³/mol. The third-order valence-corrected chi connectivity index (χ3v) is 4.38. The van der Waals surface area contributed by atoms with Crippen LogP contribution in [0.3, 0.4) is 0 Å². The van der Waals surface area contributed by atoms with E-state index in [2.05, 4.69) is 26.0 Å². The minimum absolute atomic E-state index is 0.225. The molecule has 0 amide bonds. The molecular formula is C17H12BrN4O2+. The van der Waals surface area contributed by atoms with Crippen molar-refractivity contribution in [3.63, 3.8) is 0 Å². The first-order valence-corrected chi connectivity index (χ1v) is 8.06. The molecule has 0 spiro atoms. The van der Waals surface area contributed by atoms with Crippen molar-refractivity contribution in [2.45, 2.75) is 6.54 Å². The summed E-state index contributed by atoms with van der Waals surface area (Å²) < 4.78 is 3.66. The first kappa shape index (κ1) is 14.8. The fourth-order valence-corrected chi connectivity index (χ4v) is 3.19. The average molecular weight is 384 g/mol. The molecule has 0 radical (unpaired) electrons. The van der Waals surface area contributed by atoms with E-state index < -0.39 is 6.09 Å². The van der Waals surface area contributed by atoms with Crippen molar-refractivity contribution < 1.29 is 14.5 Å². The Morgan fingerprint density at radius 2 is 2.00 bits per heavy atom.